The van der Waals surface area contributed by atoms with Gasteiger partial charge >= 0.3 is 0 Å². The van der Waals surface area contributed by atoms with E-state index in [-0.39, 0.29) is 15.9 Å². The van der Waals surface area contributed by atoms with Crippen LogP contribution in [-0.4, -0.2) is 17.5 Å². The summed E-state index contributed by atoms with van der Waals surface area (Å²) in [5, 5.41) is 0.278. The summed E-state index contributed by atoms with van der Waals surface area (Å²) in [4.78, 5) is 12.7. The van der Waals surface area contributed by atoms with E-state index >= 15 is 0 Å². The normalized spacial score (nSPS) is 19.9. The Morgan fingerprint density at radius 1 is 1.13 bits per heavy atom. The fourth-order valence-electron chi connectivity index (χ4n) is 3.90. The van der Waals surface area contributed by atoms with Gasteiger partial charge in [-0.3, -0.25) is 4.79 Å². The molecular formula is C28H32O2S. The number of hydrogen-bond donors (Lipinski definition) is 0. The Bertz CT molecular complexity index is 1000. The molecule has 1 aliphatic rings. The fraction of sp³-hybridized carbons (Fsp3) is 0.321. The van der Waals surface area contributed by atoms with Gasteiger partial charge in [-0.25, -0.2) is 0 Å². The highest BCUT2D eigenvalue weighted by atomic mass is 32.2. The van der Waals surface area contributed by atoms with Gasteiger partial charge in [-0.2, -0.15) is 0 Å². The molecule has 1 unspecified atom stereocenters. The van der Waals surface area contributed by atoms with Crippen LogP contribution in [0.2, 0.25) is 0 Å². The average molecular weight is 433 g/mol. The van der Waals surface area contributed by atoms with Gasteiger partial charge in [-0.1, -0.05) is 112 Å². The Morgan fingerprint density at radius 2 is 1.84 bits per heavy atom. The highest BCUT2D eigenvalue weighted by Gasteiger charge is 2.62. The van der Waals surface area contributed by atoms with Crippen molar-refractivity contribution in [3.8, 4) is 16.9 Å². The molecule has 0 bridgehead atoms. The van der Waals surface area contributed by atoms with E-state index in [0.717, 1.165) is 34.4 Å². The molecule has 0 spiro atoms. The highest BCUT2D eigenvalue weighted by Crippen LogP contribution is 2.64. The SMILES string of the molecule is C=C/C=C\C(=C/C)c1cccc(-c2ccccc2)c1OCCSC(=O)C1(C)CC1(C)C. The molecular weight excluding hydrogens is 400 g/mol. The second kappa shape index (κ2) is 9.74. The minimum absolute atomic E-state index is 0.114. The Morgan fingerprint density at radius 3 is 2.45 bits per heavy atom. The van der Waals surface area contributed by atoms with Gasteiger partial charge in [-0.05, 0) is 29.9 Å². The number of para-hydroxylation sites is 1. The average Bonchev–Trinajstić information content (AvgIpc) is 3.31. The first kappa shape index (κ1) is 23.1. The van der Waals surface area contributed by atoms with Crippen LogP contribution in [0.1, 0.15) is 39.7 Å². The van der Waals surface area contributed by atoms with Crippen LogP contribution in [0.15, 0.2) is 79.4 Å². The van der Waals surface area contributed by atoms with Crippen molar-refractivity contribution in [3.63, 3.8) is 0 Å². The summed E-state index contributed by atoms with van der Waals surface area (Å²) >= 11 is 1.40. The zero-order valence-corrected chi connectivity index (χ0v) is 19.8. The van der Waals surface area contributed by atoms with Crippen LogP contribution in [0.3, 0.4) is 0 Å². The molecule has 3 rings (SSSR count). The number of carbonyl (C=O) groups is 1. The lowest BCUT2D eigenvalue weighted by atomic mass is 9.96. The number of allylic oxidation sites excluding steroid dienone is 5. The molecule has 2 aromatic carbocycles. The van der Waals surface area contributed by atoms with Gasteiger partial charge in [0.25, 0.3) is 0 Å². The maximum Gasteiger partial charge on any atom is 0.195 e. The Hall–Kier alpha value is -2.52. The highest BCUT2D eigenvalue weighted by molar-refractivity contribution is 8.13. The van der Waals surface area contributed by atoms with E-state index in [4.69, 9.17) is 4.74 Å². The molecule has 0 aromatic heterocycles. The molecule has 0 heterocycles. The first-order valence-electron chi connectivity index (χ1n) is 10.8. The van der Waals surface area contributed by atoms with Crippen LogP contribution in [0.5, 0.6) is 5.75 Å². The summed E-state index contributed by atoms with van der Waals surface area (Å²) in [5.41, 5.74) is 4.19. The predicted molar refractivity (Wildman–Crippen MR) is 134 cm³/mol. The topological polar surface area (TPSA) is 26.3 Å². The van der Waals surface area contributed by atoms with Crippen molar-refractivity contribution < 1.29 is 9.53 Å². The number of benzene rings is 2. The standard InChI is InChI=1S/C28H32O2S/c1-6-8-13-21(7-2)23-16-12-17-24(22-14-10-9-11-15-22)25(23)30-18-19-31-26(29)28(5)20-27(28,3)4/h6-17H,1,18-20H2,2-5H3/b13-8-,21-7+. The number of rotatable bonds is 9. The third-order valence-electron chi connectivity index (χ3n) is 6.31. The summed E-state index contributed by atoms with van der Waals surface area (Å²) in [6.45, 7) is 12.7. The summed E-state index contributed by atoms with van der Waals surface area (Å²) in [5.74, 6) is 1.49. The van der Waals surface area contributed by atoms with Crippen LogP contribution in [0.4, 0.5) is 0 Å². The Balaban J connectivity index is 1.82. The number of ether oxygens (including phenoxy) is 1. The molecule has 0 radical (unpaired) electrons. The molecule has 31 heavy (non-hydrogen) atoms. The van der Waals surface area contributed by atoms with Crippen molar-refractivity contribution >= 4 is 22.5 Å². The molecule has 2 aromatic rings. The third-order valence-corrected chi connectivity index (χ3v) is 7.39. The largest absolute Gasteiger partial charge is 0.491 e. The van der Waals surface area contributed by atoms with Gasteiger partial charge in [0.2, 0.25) is 0 Å². The molecule has 162 valence electrons. The zero-order chi connectivity index (χ0) is 22.5. The molecule has 0 amide bonds. The lowest BCUT2D eigenvalue weighted by Crippen LogP contribution is -2.16. The second-order valence-electron chi connectivity index (χ2n) is 8.76. The predicted octanol–water partition coefficient (Wildman–Crippen LogP) is 7.57. The molecule has 1 aliphatic carbocycles. The van der Waals surface area contributed by atoms with E-state index in [9.17, 15) is 4.79 Å². The minimum atomic E-state index is -0.196. The first-order valence-corrected chi connectivity index (χ1v) is 11.8. The summed E-state index contributed by atoms with van der Waals surface area (Å²) in [7, 11) is 0. The lowest BCUT2D eigenvalue weighted by molar-refractivity contribution is -0.116. The van der Waals surface area contributed by atoms with E-state index in [1.165, 1.54) is 11.8 Å². The molecule has 2 nitrogen and oxygen atoms in total. The van der Waals surface area contributed by atoms with Gasteiger partial charge < -0.3 is 4.74 Å². The van der Waals surface area contributed by atoms with Crippen molar-refractivity contribution in [2.45, 2.75) is 34.1 Å². The number of carbonyl (C=O) groups excluding carboxylic acids is 1. The van der Waals surface area contributed by atoms with Crippen molar-refractivity contribution in [1.82, 2.24) is 0 Å². The van der Waals surface area contributed by atoms with Gasteiger partial charge in [-0.15, -0.1) is 0 Å². The molecule has 1 atom stereocenters. The summed E-state index contributed by atoms with van der Waals surface area (Å²) in [6.07, 6.45) is 8.78. The van der Waals surface area contributed by atoms with Crippen molar-refractivity contribution in [2.24, 2.45) is 10.8 Å². The maximum absolute atomic E-state index is 12.7. The monoisotopic (exact) mass is 432 g/mol. The number of thioether (sulfide) groups is 1. The molecule has 0 N–H and O–H groups in total. The van der Waals surface area contributed by atoms with Crippen LogP contribution < -0.4 is 4.74 Å². The van der Waals surface area contributed by atoms with Crippen LogP contribution >= 0.6 is 11.8 Å². The summed E-state index contributed by atoms with van der Waals surface area (Å²) in [6, 6.07) is 16.5. The van der Waals surface area contributed by atoms with E-state index in [0.29, 0.717) is 12.4 Å². The lowest BCUT2D eigenvalue weighted by Gasteiger charge is -2.18. The smallest absolute Gasteiger partial charge is 0.195 e. The van der Waals surface area contributed by atoms with E-state index in [1.54, 1.807) is 6.08 Å². The van der Waals surface area contributed by atoms with Gasteiger partial charge in [0.15, 0.2) is 5.12 Å². The molecule has 0 saturated heterocycles. The second-order valence-corrected chi connectivity index (χ2v) is 9.83. The number of hydrogen-bond acceptors (Lipinski definition) is 3. The molecule has 0 aliphatic heterocycles. The zero-order valence-electron chi connectivity index (χ0n) is 19.0. The quantitative estimate of drug-likeness (QED) is 0.302. The van der Waals surface area contributed by atoms with Gasteiger partial charge in [0, 0.05) is 22.3 Å². The molecule has 1 saturated carbocycles. The van der Waals surface area contributed by atoms with Gasteiger partial charge in [0.05, 0.1) is 6.61 Å². The molecule has 1 fully saturated rings. The Labute approximate surface area is 191 Å². The van der Waals surface area contributed by atoms with Crippen LogP contribution in [-0.2, 0) is 4.79 Å². The fourth-order valence-corrected chi connectivity index (χ4v) is 4.92. The van der Waals surface area contributed by atoms with Gasteiger partial charge in [0.1, 0.15) is 5.75 Å². The summed E-state index contributed by atoms with van der Waals surface area (Å²) < 4.78 is 6.35. The van der Waals surface area contributed by atoms with Crippen molar-refractivity contribution in [1.29, 1.82) is 0 Å². The van der Waals surface area contributed by atoms with Crippen molar-refractivity contribution in [3.05, 3.63) is 85.0 Å². The van der Waals surface area contributed by atoms with Crippen molar-refractivity contribution in [2.75, 3.05) is 12.4 Å². The van der Waals surface area contributed by atoms with Crippen LogP contribution in [0, 0.1) is 10.8 Å². The van der Waals surface area contributed by atoms with Crippen LogP contribution in [0.25, 0.3) is 16.7 Å². The van der Waals surface area contributed by atoms with E-state index in [2.05, 4.69) is 63.8 Å². The third kappa shape index (κ3) is 5.04. The van der Waals surface area contributed by atoms with E-state index in [1.807, 2.05) is 37.3 Å². The maximum atomic E-state index is 12.7. The minimum Gasteiger partial charge on any atom is -0.491 e. The van der Waals surface area contributed by atoms with E-state index < -0.39 is 0 Å². The Kier molecular flexibility index (Phi) is 7.27. The first-order chi connectivity index (χ1) is 14.8. The molecule has 3 heteroatoms.